The molecule has 0 unspecified atom stereocenters. The number of ether oxygens (including phenoxy) is 2. The zero-order valence-corrected chi connectivity index (χ0v) is 52.7. The minimum atomic E-state index is -0.677. The first-order valence-electron chi connectivity index (χ1n) is 27.9. The van der Waals surface area contributed by atoms with Gasteiger partial charge in [-0.25, -0.2) is 24.5 Å². The number of ketones is 2. The van der Waals surface area contributed by atoms with Gasteiger partial charge in [0.05, 0.1) is 33.9 Å². The summed E-state index contributed by atoms with van der Waals surface area (Å²) in [6.07, 6.45) is 0. The summed E-state index contributed by atoms with van der Waals surface area (Å²) < 4.78 is 12.9. The average molecular weight is 1270 g/mol. The molecular formula is C67H73Cl3N10O9. The molecule has 0 spiro atoms. The highest BCUT2D eigenvalue weighted by atomic mass is 35.5. The summed E-state index contributed by atoms with van der Waals surface area (Å²) in [4.78, 5) is 95.9. The van der Waals surface area contributed by atoms with E-state index in [2.05, 4.69) is 35.6 Å². The van der Waals surface area contributed by atoms with Crippen molar-refractivity contribution in [2.75, 3.05) is 30.6 Å². The van der Waals surface area contributed by atoms with Crippen LogP contribution in [0.1, 0.15) is 140 Å². The molecule has 9 rings (SSSR count). The minimum Gasteiger partial charge on any atom is -0.497 e. The molecule has 0 bridgehead atoms. The normalized spacial score (nSPS) is 10.8. The molecule has 0 radical (unpaired) electrons. The first-order chi connectivity index (χ1) is 41.8. The van der Waals surface area contributed by atoms with E-state index in [-0.39, 0.29) is 89.2 Å². The van der Waals surface area contributed by atoms with Crippen LogP contribution in [0.2, 0.25) is 15.5 Å². The number of aryl methyl sites for hydroxylation is 4. The molecule has 5 heterocycles. The second kappa shape index (κ2) is 31.2. The number of aromatic amines is 2. The van der Waals surface area contributed by atoms with Crippen LogP contribution in [0.5, 0.6) is 11.5 Å². The lowest BCUT2D eigenvalue weighted by Gasteiger charge is -2.18. The van der Waals surface area contributed by atoms with Crippen LogP contribution in [-0.2, 0) is 32.8 Å². The Bertz CT molecular complexity index is 4200. The Morgan fingerprint density at radius 2 is 0.876 bits per heavy atom. The van der Waals surface area contributed by atoms with Crippen molar-refractivity contribution in [3.8, 4) is 11.5 Å². The third-order valence-corrected chi connectivity index (χ3v) is 14.3. The average Bonchev–Trinajstić information content (AvgIpc) is 1.06. The number of benzene rings is 4. The largest absolute Gasteiger partial charge is 0.497 e. The van der Waals surface area contributed by atoms with Gasteiger partial charge in [-0.2, -0.15) is 0 Å². The lowest BCUT2D eigenvalue weighted by molar-refractivity contribution is 0.101. The molecule has 0 aliphatic rings. The molecule has 89 heavy (non-hydrogen) atoms. The SMILES string of the molecule is C.COc1ccc(CNc2cc(CO)cc(Cl)n2)cc1.COc1ccc(CNc2cc(Cn3c(C(=O)c4cc(C)cc(C)c4)c(C(C)C)c(=O)[nH]c3=O)cc(Cl)n2)cc1.Cc1cc(C)cc(C(=O)c2c(C(C)C)c(=O)[nH]c(=O)n2Cc2cc(N)nc(Cl)c2)c1. The number of aliphatic hydroxyl groups is 1. The molecule has 0 amide bonds. The van der Waals surface area contributed by atoms with Crippen LogP contribution in [0.3, 0.4) is 0 Å². The van der Waals surface area contributed by atoms with Gasteiger partial charge in [-0.1, -0.05) is 129 Å². The number of hydrogen-bond acceptors (Lipinski definition) is 15. The van der Waals surface area contributed by atoms with Crippen LogP contribution in [0, 0.1) is 27.7 Å². The maximum absolute atomic E-state index is 13.9. The molecule has 0 atom stereocenters. The van der Waals surface area contributed by atoms with Crippen molar-refractivity contribution in [2.45, 2.75) is 107 Å². The second-order valence-electron chi connectivity index (χ2n) is 21.6. The Labute approximate surface area is 531 Å². The number of nitrogens with zero attached hydrogens (tertiary/aromatic N) is 5. The summed E-state index contributed by atoms with van der Waals surface area (Å²) in [5.41, 5.74) is 12.5. The number of methoxy groups -OCH3 is 2. The highest BCUT2D eigenvalue weighted by molar-refractivity contribution is 6.30. The number of nitrogens with one attached hydrogen (secondary N) is 4. The first kappa shape index (κ1) is 69.0. The van der Waals surface area contributed by atoms with Crippen molar-refractivity contribution in [3.05, 3.63) is 262 Å². The van der Waals surface area contributed by atoms with Gasteiger partial charge in [-0.3, -0.25) is 38.3 Å². The van der Waals surface area contributed by atoms with Crippen LogP contribution in [0.15, 0.2) is 141 Å². The number of carbonyl (C=O) groups is 2. The standard InChI is InChI=1S/C30H31ClN4O4.C22H23ClN4O3.C14H15ClN2O2.CH4/c1-17(2)26-27(28(36)22-11-18(3)10-19(4)12-22)35(30(38)34-29(26)37)16-21-13-24(31)33-25(14-21)32-15-20-6-8-23(39-5)9-7-20;1-11(2)18-19(20(28)15-6-12(3)5-13(4)7-15)27(22(30)26-21(18)29)10-14-8-16(23)25-17(24)9-14;1-19-12-4-2-10(3-5-12)8-16-14-7-11(9-18)6-13(15)17-14;/h6-14,17H,15-16H2,1-5H3,(H,32,33)(H,34,37,38);5-9,11H,10H2,1-4H3,(H2,24,25)(H,26,29,30);2-7,18H,8-9H2,1H3,(H,16,17);1H4. The molecule has 0 saturated carbocycles. The van der Waals surface area contributed by atoms with Crippen molar-refractivity contribution in [1.29, 1.82) is 0 Å². The van der Waals surface area contributed by atoms with E-state index in [0.29, 0.717) is 52.1 Å². The highest BCUT2D eigenvalue weighted by Gasteiger charge is 2.27. The number of nitrogens with two attached hydrogens (primary N) is 1. The van der Waals surface area contributed by atoms with Gasteiger partial charge in [0, 0.05) is 35.3 Å². The molecule has 19 nitrogen and oxygen atoms in total. The maximum atomic E-state index is 13.9. The van der Waals surface area contributed by atoms with Crippen molar-refractivity contribution in [2.24, 2.45) is 0 Å². The fraction of sp³-hybridized carbons (Fsp3) is 0.269. The van der Waals surface area contributed by atoms with E-state index in [1.54, 1.807) is 88.7 Å². The molecule has 0 saturated heterocycles. The topological polar surface area (TPSA) is 271 Å². The Kier molecular flexibility index (Phi) is 24.1. The van der Waals surface area contributed by atoms with E-state index < -0.39 is 22.5 Å². The van der Waals surface area contributed by atoms with Gasteiger partial charge in [0.25, 0.3) is 11.1 Å². The number of H-pyrrole nitrogens is 2. The molecule has 0 aliphatic heterocycles. The maximum Gasteiger partial charge on any atom is 0.329 e. The first-order valence-corrected chi connectivity index (χ1v) is 29.1. The Balaban J connectivity index is 0.000000224. The van der Waals surface area contributed by atoms with Gasteiger partial charge in [0.1, 0.15) is 55.8 Å². The van der Waals surface area contributed by atoms with Crippen LogP contribution >= 0.6 is 34.8 Å². The molecule has 0 fully saturated rings. The van der Waals surface area contributed by atoms with Crippen molar-refractivity contribution >= 4 is 63.8 Å². The molecule has 22 heteroatoms. The predicted octanol–water partition coefficient (Wildman–Crippen LogP) is 11.9. The molecule has 7 N–H and O–H groups in total. The summed E-state index contributed by atoms with van der Waals surface area (Å²) in [6, 6.07) is 36.3. The third-order valence-electron chi connectivity index (χ3n) is 13.7. The van der Waals surface area contributed by atoms with Crippen LogP contribution in [0.25, 0.3) is 0 Å². The summed E-state index contributed by atoms with van der Waals surface area (Å²) >= 11 is 18.2. The van der Waals surface area contributed by atoms with Gasteiger partial charge < -0.3 is 30.9 Å². The van der Waals surface area contributed by atoms with Gasteiger partial charge >= 0.3 is 11.4 Å². The number of nitrogen functional groups attached to an aromatic ring is 1. The van der Waals surface area contributed by atoms with Gasteiger partial charge in [0.2, 0.25) is 11.6 Å². The van der Waals surface area contributed by atoms with Gasteiger partial charge in [-0.15, -0.1) is 0 Å². The van der Waals surface area contributed by atoms with Crippen molar-refractivity contribution in [3.63, 3.8) is 0 Å². The quantitative estimate of drug-likeness (QED) is 0.0324. The van der Waals surface area contributed by atoms with Gasteiger partial charge in [-0.05, 0) is 152 Å². The van der Waals surface area contributed by atoms with Crippen LogP contribution < -0.4 is 48.3 Å². The summed E-state index contributed by atoms with van der Waals surface area (Å²) in [5.74, 6) is 1.59. The predicted molar refractivity (Wildman–Crippen MR) is 353 cm³/mol. The van der Waals surface area contributed by atoms with Crippen molar-refractivity contribution < 1.29 is 24.2 Å². The zero-order chi connectivity index (χ0) is 64.1. The monoisotopic (exact) mass is 1270 g/mol. The number of aliphatic hydroxyl groups excluding tert-OH is 1. The summed E-state index contributed by atoms with van der Waals surface area (Å²) in [5, 5.41) is 16.3. The fourth-order valence-electron chi connectivity index (χ4n) is 9.88. The zero-order valence-electron chi connectivity index (χ0n) is 50.4. The number of halogens is 3. The third kappa shape index (κ3) is 18.5. The van der Waals surface area contributed by atoms with Gasteiger partial charge in [0.15, 0.2) is 0 Å². The molecule has 466 valence electrons. The highest BCUT2D eigenvalue weighted by Crippen LogP contribution is 2.25. The number of pyridine rings is 3. The summed E-state index contributed by atoms with van der Waals surface area (Å²) in [6.45, 7) is 15.9. The molecule has 5 aromatic heterocycles. The van der Waals surface area contributed by atoms with Crippen molar-refractivity contribution in [1.82, 2.24) is 34.1 Å². The Morgan fingerprint density at radius 3 is 1.22 bits per heavy atom. The minimum absolute atomic E-state index is 0. The number of rotatable bonds is 19. The Morgan fingerprint density at radius 1 is 0.528 bits per heavy atom. The molecule has 9 aromatic rings. The fourth-order valence-corrected chi connectivity index (χ4v) is 10.6. The number of aromatic nitrogens is 7. The van der Waals surface area contributed by atoms with E-state index in [9.17, 15) is 28.8 Å². The lowest BCUT2D eigenvalue weighted by Crippen LogP contribution is -2.38. The van der Waals surface area contributed by atoms with E-state index >= 15 is 0 Å². The van der Waals surface area contributed by atoms with E-state index in [1.807, 2.05) is 102 Å². The number of anilines is 3. The number of carbonyl (C=O) groups excluding carboxylic acids is 2. The van der Waals surface area contributed by atoms with Crippen LogP contribution in [0.4, 0.5) is 17.5 Å². The molecule has 4 aromatic carbocycles. The second-order valence-corrected chi connectivity index (χ2v) is 22.7. The van der Waals surface area contributed by atoms with E-state index in [1.165, 1.54) is 9.13 Å². The van der Waals surface area contributed by atoms with Crippen LogP contribution in [-0.4, -0.2) is 64.9 Å². The van der Waals surface area contributed by atoms with E-state index in [0.717, 1.165) is 50.4 Å². The molecule has 0 aliphatic carbocycles. The molecular weight excluding hydrogens is 1200 g/mol. The smallest absolute Gasteiger partial charge is 0.329 e. The summed E-state index contributed by atoms with van der Waals surface area (Å²) in [7, 11) is 3.25. The Hall–Kier alpha value is -9.14. The van der Waals surface area contributed by atoms with E-state index in [4.69, 9.17) is 55.1 Å². The number of hydrogen-bond donors (Lipinski definition) is 6. The lowest BCUT2D eigenvalue weighted by atomic mass is 9.95.